The van der Waals surface area contributed by atoms with Gasteiger partial charge < -0.3 is 10.4 Å². The molecular formula is C4H7BrN2O3. The predicted octanol–water partition coefficient (Wildman–Crippen LogP) is -0.913. The molecule has 0 aromatic carbocycles. The minimum absolute atomic E-state index is 0.0628. The number of carboxylic acid groups (broad SMARTS) is 1. The van der Waals surface area contributed by atoms with Crippen LogP contribution in [0.25, 0.3) is 0 Å². The molecule has 0 unspecified atom stereocenters. The lowest BCUT2D eigenvalue weighted by molar-refractivity contribution is -0.137. The molecule has 1 amide bonds. The first-order valence-electron chi connectivity index (χ1n) is 2.49. The fourth-order valence-electron chi connectivity index (χ4n) is 0.297. The highest BCUT2D eigenvalue weighted by Crippen LogP contribution is 1.68. The van der Waals surface area contributed by atoms with Crippen molar-refractivity contribution in [3.05, 3.63) is 0 Å². The Labute approximate surface area is 66.1 Å². The van der Waals surface area contributed by atoms with Crippen molar-refractivity contribution in [2.45, 2.75) is 0 Å². The summed E-state index contributed by atoms with van der Waals surface area (Å²) < 4.78 is 2.40. The van der Waals surface area contributed by atoms with Gasteiger partial charge in [-0.25, -0.2) is 4.34 Å². The van der Waals surface area contributed by atoms with Gasteiger partial charge in [0.25, 0.3) is 0 Å². The Hall–Kier alpha value is -0.620. The summed E-state index contributed by atoms with van der Waals surface area (Å²) in [7, 11) is 0. The van der Waals surface area contributed by atoms with Crippen molar-refractivity contribution in [1.29, 1.82) is 0 Å². The smallest absolute Gasteiger partial charge is 0.322 e. The minimum atomic E-state index is -1.05. The third-order valence-corrected chi connectivity index (χ3v) is 0.945. The van der Waals surface area contributed by atoms with Crippen LogP contribution >= 0.6 is 16.1 Å². The molecule has 0 saturated heterocycles. The lowest BCUT2D eigenvalue weighted by Crippen LogP contribution is -2.34. The van der Waals surface area contributed by atoms with E-state index in [1.54, 1.807) is 0 Å². The van der Waals surface area contributed by atoms with Crippen LogP contribution < -0.4 is 9.66 Å². The van der Waals surface area contributed by atoms with E-state index in [2.05, 4.69) is 25.8 Å². The lowest BCUT2D eigenvalue weighted by atomic mass is 10.5. The highest BCUT2D eigenvalue weighted by atomic mass is 79.9. The summed E-state index contributed by atoms with van der Waals surface area (Å²) >= 11 is 2.80. The third-order valence-electron chi connectivity index (χ3n) is 0.664. The Bertz CT molecular complexity index is 138. The molecule has 3 N–H and O–H groups in total. The monoisotopic (exact) mass is 210 g/mol. The molecule has 0 fully saturated rings. The number of aliphatic carboxylic acids is 1. The van der Waals surface area contributed by atoms with Gasteiger partial charge in [0, 0.05) is 16.1 Å². The average molecular weight is 211 g/mol. The van der Waals surface area contributed by atoms with Gasteiger partial charge in [0.05, 0.1) is 6.54 Å². The molecule has 5 nitrogen and oxygen atoms in total. The van der Waals surface area contributed by atoms with E-state index in [4.69, 9.17) is 5.11 Å². The summed E-state index contributed by atoms with van der Waals surface area (Å²) in [6.07, 6.45) is 0. The largest absolute Gasteiger partial charge is 0.480 e. The van der Waals surface area contributed by atoms with Crippen LogP contribution in [0.2, 0.25) is 0 Å². The molecule has 0 rings (SSSR count). The van der Waals surface area contributed by atoms with Gasteiger partial charge in [-0.15, -0.1) is 0 Å². The number of hydrogen-bond acceptors (Lipinski definition) is 3. The second kappa shape index (κ2) is 5.19. The summed E-state index contributed by atoms with van der Waals surface area (Å²) in [5.74, 6) is -1.41. The Morgan fingerprint density at radius 2 is 2.00 bits per heavy atom. The molecule has 0 aliphatic heterocycles. The maximum absolute atomic E-state index is 10.5. The summed E-state index contributed by atoms with van der Waals surface area (Å²) in [4.78, 5) is 20.3. The first-order chi connectivity index (χ1) is 4.66. The molecule has 0 bridgehead atoms. The van der Waals surface area contributed by atoms with Crippen molar-refractivity contribution in [2.75, 3.05) is 13.1 Å². The number of carboxylic acids is 1. The van der Waals surface area contributed by atoms with Gasteiger partial charge >= 0.3 is 5.97 Å². The number of amides is 1. The zero-order chi connectivity index (χ0) is 7.98. The van der Waals surface area contributed by atoms with Crippen LogP contribution in [0, 0.1) is 0 Å². The summed E-state index contributed by atoms with van der Waals surface area (Å²) in [6.45, 7) is -0.277. The van der Waals surface area contributed by atoms with Gasteiger partial charge in [0.1, 0.15) is 6.54 Å². The summed E-state index contributed by atoms with van der Waals surface area (Å²) in [6, 6.07) is 0. The number of carbonyl (C=O) groups is 2. The third kappa shape index (κ3) is 5.52. The zero-order valence-corrected chi connectivity index (χ0v) is 6.64. The fourth-order valence-corrected chi connectivity index (χ4v) is 0.552. The van der Waals surface area contributed by atoms with Crippen molar-refractivity contribution in [1.82, 2.24) is 9.66 Å². The predicted molar refractivity (Wildman–Crippen MR) is 37.6 cm³/mol. The second-order valence-corrected chi connectivity index (χ2v) is 2.04. The number of nitrogens with one attached hydrogen (secondary N) is 2. The van der Waals surface area contributed by atoms with E-state index in [1.165, 1.54) is 0 Å². The quantitative estimate of drug-likeness (QED) is 0.526. The van der Waals surface area contributed by atoms with Gasteiger partial charge in [0.2, 0.25) is 5.91 Å². The lowest BCUT2D eigenvalue weighted by Gasteiger charge is -1.98. The second-order valence-electron chi connectivity index (χ2n) is 1.48. The van der Waals surface area contributed by atoms with Gasteiger partial charge in [-0.1, -0.05) is 0 Å². The summed E-state index contributed by atoms with van der Waals surface area (Å²) in [5, 5.41) is 10.2. The van der Waals surface area contributed by atoms with Crippen LogP contribution in [0.4, 0.5) is 0 Å². The molecule has 58 valence electrons. The van der Waals surface area contributed by atoms with E-state index in [0.29, 0.717) is 0 Å². The molecule has 0 radical (unpaired) electrons. The van der Waals surface area contributed by atoms with Crippen molar-refractivity contribution in [3.63, 3.8) is 0 Å². The molecular weight excluding hydrogens is 204 g/mol. The SMILES string of the molecule is O=C(O)CNC(=O)CNBr. The molecule has 6 heteroatoms. The van der Waals surface area contributed by atoms with E-state index >= 15 is 0 Å². The zero-order valence-electron chi connectivity index (χ0n) is 5.06. The van der Waals surface area contributed by atoms with Crippen LogP contribution in [0.3, 0.4) is 0 Å². The molecule has 0 aromatic heterocycles. The Morgan fingerprint density at radius 3 is 2.40 bits per heavy atom. The molecule has 0 saturated carbocycles. The molecule has 0 aromatic rings. The van der Waals surface area contributed by atoms with Crippen LogP contribution in [0.15, 0.2) is 0 Å². The molecule has 0 aliphatic carbocycles. The molecule has 0 atom stereocenters. The van der Waals surface area contributed by atoms with E-state index in [-0.39, 0.29) is 19.0 Å². The van der Waals surface area contributed by atoms with Crippen LogP contribution in [0.1, 0.15) is 0 Å². The first-order valence-corrected chi connectivity index (χ1v) is 3.28. The van der Waals surface area contributed by atoms with Crippen LogP contribution in [-0.4, -0.2) is 30.1 Å². The van der Waals surface area contributed by atoms with E-state index in [0.717, 1.165) is 0 Å². The molecule has 0 heterocycles. The van der Waals surface area contributed by atoms with Crippen molar-refractivity contribution in [2.24, 2.45) is 0 Å². The Kier molecular flexibility index (Phi) is 4.87. The number of rotatable bonds is 4. The normalized spacial score (nSPS) is 8.90. The number of hydrogen-bond donors (Lipinski definition) is 3. The van der Waals surface area contributed by atoms with Crippen LogP contribution in [0.5, 0.6) is 0 Å². The highest BCUT2D eigenvalue weighted by molar-refractivity contribution is 9.08. The minimum Gasteiger partial charge on any atom is -0.480 e. The first kappa shape index (κ1) is 9.38. The summed E-state index contributed by atoms with van der Waals surface area (Å²) in [5.41, 5.74) is 0. The molecule has 0 aliphatic rings. The number of carbonyl (C=O) groups excluding carboxylic acids is 1. The topological polar surface area (TPSA) is 78.4 Å². The van der Waals surface area contributed by atoms with Crippen molar-refractivity contribution >= 4 is 28.0 Å². The Morgan fingerprint density at radius 1 is 1.40 bits per heavy atom. The fraction of sp³-hybridized carbons (Fsp3) is 0.500. The van der Waals surface area contributed by atoms with Gasteiger partial charge in [-0.2, -0.15) is 0 Å². The van der Waals surface area contributed by atoms with E-state index in [1.807, 2.05) is 0 Å². The standard InChI is InChI=1S/C4H7BrN2O3/c5-7-1-3(8)6-2-4(9)10/h7H,1-2H2,(H,6,8)(H,9,10). The molecule has 10 heavy (non-hydrogen) atoms. The van der Waals surface area contributed by atoms with Crippen molar-refractivity contribution < 1.29 is 14.7 Å². The average Bonchev–Trinajstić information content (AvgIpc) is 1.85. The van der Waals surface area contributed by atoms with Gasteiger partial charge in [-0.05, 0) is 0 Å². The van der Waals surface area contributed by atoms with Gasteiger partial charge in [0.15, 0.2) is 0 Å². The molecule has 0 spiro atoms. The van der Waals surface area contributed by atoms with Crippen LogP contribution in [-0.2, 0) is 9.59 Å². The van der Waals surface area contributed by atoms with E-state index < -0.39 is 5.97 Å². The van der Waals surface area contributed by atoms with Crippen molar-refractivity contribution in [3.8, 4) is 0 Å². The number of halogens is 1. The maximum atomic E-state index is 10.5. The Balaban J connectivity index is 3.30. The highest BCUT2D eigenvalue weighted by Gasteiger charge is 2.00. The maximum Gasteiger partial charge on any atom is 0.322 e. The van der Waals surface area contributed by atoms with Gasteiger partial charge in [-0.3, -0.25) is 9.59 Å². The van der Waals surface area contributed by atoms with E-state index in [9.17, 15) is 9.59 Å².